The molecule has 5 heteroatoms. The number of pyridine rings is 1. The van der Waals surface area contributed by atoms with Crippen molar-refractivity contribution in [3.63, 3.8) is 0 Å². The fraction of sp³-hybridized carbons (Fsp3) is 0.167. The Morgan fingerprint density at radius 1 is 0.826 bits per heavy atom. The minimum Gasteiger partial charge on any atom is -0.497 e. The first kappa shape index (κ1) is 15.5. The van der Waals surface area contributed by atoms with Crippen LogP contribution in [0.1, 0.15) is 0 Å². The predicted molar refractivity (Wildman–Crippen MR) is 92.0 cm³/mol. The van der Waals surface area contributed by atoms with Gasteiger partial charge in [-0.05, 0) is 36.4 Å². The van der Waals surface area contributed by atoms with E-state index in [1.54, 1.807) is 39.3 Å². The molecular weight excluding hydrogens is 310 g/mol. The largest absolute Gasteiger partial charge is 0.497 e. The SMILES string of the molecule is COc1ccc(Sc2ccnc3cc(OC)c(OC)cc23)cc1. The Hall–Kier alpha value is -2.40. The fourth-order valence-corrected chi connectivity index (χ4v) is 3.24. The molecule has 0 N–H and O–H groups in total. The maximum atomic E-state index is 5.40. The lowest BCUT2D eigenvalue weighted by molar-refractivity contribution is 0.355. The van der Waals surface area contributed by atoms with E-state index in [0.29, 0.717) is 11.5 Å². The number of rotatable bonds is 5. The average molecular weight is 327 g/mol. The molecule has 0 aliphatic carbocycles. The van der Waals surface area contributed by atoms with Gasteiger partial charge in [0.05, 0.1) is 26.8 Å². The molecule has 0 saturated carbocycles. The average Bonchev–Trinajstić information content (AvgIpc) is 2.61. The molecule has 2 aromatic carbocycles. The van der Waals surface area contributed by atoms with Crippen LogP contribution in [0.25, 0.3) is 10.9 Å². The summed E-state index contributed by atoms with van der Waals surface area (Å²) < 4.78 is 15.9. The van der Waals surface area contributed by atoms with Gasteiger partial charge in [-0.25, -0.2) is 0 Å². The van der Waals surface area contributed by atoms with Crippen molar-refractivity contribution >= 4 is 22.7 Å². The highest BCUT2D eigenvalue weighted by molar-refractivity contribution is 7.99. The molecule has 0 aliphatic rings. The third kappa shape index (κ3) is 3.19. The number of methoxy groups -OCH3 is 3. The van der Waals surface area contributed by atoms with Crippen LogP contribution in [0.4, 0.5) is 0 Å². The van der Waals surface area contributed by atoms with Crippen molar-refractivity contribution in [2.45, 2.75) is 9.79 Å². The quantitative estimate of drug-likeness (QED) is 0.694. The second-order valence-electron chi connectivity index (χ2n) is 4.81. The molecule has 0 bridgehead atoms. The standard InChI is InChI=1S/C18H17NO3S/c1-20-12-4-6-13(7-5-12)23-18-8-9-19-15-11-17(22-3)16(21-2)10-14(15)18/h4-11H,1-3H3. The van der Waals surface area contributed by atoms with Crippen LogP contribution in [0.15, 0.2) is 58.5 Å². The van der Waals surface area contributed by atoms with Gasteiger partial charge < -0.3 is 14.2 Å². The molecule has 23 heavy (non-hydrogen) atoms. The topological polar surface area (TPSA) is 40.6 Å². The predicted octanol–water partition coefficient (Wildman–Crippen LogP) is 4.41. The number of fused-ring (bicyclic) bond motifs is 1. The summed E-state index contributed by atoms with van der Waals surface area (Å²) in [6, 6.07) is 13.8. The monoisotopic (exact) mass is 327 g/mol. The first-order valence-electron chi connectivity index (χ1n) is 7.08. The van der Waals surface area contributed by atoms with Crippen LogP contribution in [0, 0.1) is 0 Å². The van der Waals surface area contributed by atoms with Crippen molar-refractivity contribution in [2.24, 2.45) is 0 Å². The molecule has 0 aliphatic heterocycles. The molecule has 3 aromatic rings. The second-order valence-corrected chi connectivity index (χ2v) is 5.93. The first-order valence-corrected chi connectivity index (χ1v) is 7.89. The van der Waals surface area contributed by atoms with E-state index in [9.17, 15) is 0 Å². The summed E-state index contributed by atoms with van der Waals surface area (Å²) in [6.45, 7) is 0. The van der Waals surface area contributed by atoms with Crippen molar-refractivity contribution < 1.29 is 14.2 Å². The highest BCUT2D eigenvalue weighted by Gasteiger charge is 2.10. The molecule has 0 fully saturated rings. The van der Waals surface area contributed by atoms with Gasteiger partial charge in [0.1, 0.15) is 5.75 Å². The van der Waals surface area contributed by atoms with Crippen molar-refractivity contribution in [1.29, 1.82) is 0 Å². The van der Waals surface area contributed by atoms with E-state index in [0.717, 1.165) is 26.4 Å². The lowest BCUT2D eigenvalue weighted by Crippen LogP contribution is -1.92. The number of nitrogens with zero attached hydrogens (tertiary/aromatic N) is 1. The molecule has 0 unspecified atom stereocenters. The Balaban J connectivity index is 2.02. The molecule has 4 nitrogen and oxygen atoms in total. The van der Waals surface area contributed by atoms with E-state index >= 15 is 0 Å². The van der Waals surface area contributed by atoms with Gasteiger partial charge in [-0.2, -0.15) is 0 Å². The number of hydrogen-bond donors (Lipinski definition) is 0. The molecule has 1 heterocycles. The van der Waals surface area contributed by atoms with Gasteiger partial charge >= 0.3 is 0 Å². The number of hydrogen-bond acceptors (Lipinski definition) is 5. The van der Waals surface area contributed by atoms with E-state index in [4.69, 9.17) is 14.2 Å². The molecule has 3 rings (SSSR count). The maximum Gasteiger partial charge on any atom is 0.162 e. The molecule has 0 saturated heterocycles. The zero-order valence-electron chi connectivity index (χ0n) is 13.2. The van der Waals surface area contributed by atoms with Crippen LogP contribution in [-0.4, -0.2) is 26.3 Å². The van der Waals surface area contributed by atoms with E-state index in [1.165, 1.54) is 0 Å². The smallest absolute Gasteiger partial charge is 0.162 e. The molecular formula is C18H17NO3S. The van der Waals surface area contributed by atoms with Crippen LogP contribution < -0.4 is 14.2 Å². The third-order valence-electron chi connectivity index (χ3n) is 3.49. The van der Waals surface area contributed by atoms with Crippen molar-refractivity contribution in [3.8, 4) is 17.2 Å². The van der Waals surface area contributed by atoms with E-state index < -0.39 is 0 Å². The fourth-order valence-electron chi connectivity index (χ4n) is 2.31. The highest BCUT2D eigenvalue weighted by Crippen LogP contribution is 2.38. The van der Waals surface area contributed by atoms with Crippen LogP contribution in [-0.2, 0) is 0 Å². The van der Waals surface area contributed by atoms with Gasteiger partial charge in [0, 0.05) is 27.4 Å². The Kier molecular flexibility index (Phi) is 4.57. The molecule has 0 atom stereocenters. The minimum atomic E-state index is 0.680. The highest BCUT2D eigenvalue weighted by atomic mass is 32.2. The first-order chi connectivity index (χ1) is 11.2. The Labute approximate surface area is 139 Å². The van der Waals surface area contributed by atoms with Crippen LogP contribution in [0.5, 0.6) is 17.2 Å². The maximum absolute atomic E-state index is 5.40. The van der Waals surface area contributed by atoms with Crippen molar-refractivity contribution in [1.82, 2.24) is 4.98 Å². The summed E-state index contributed by atoms with van der Waals surface area (Å²) in [5.41, 5.74) is 0.876. The van der Waals surface area contributed by atoms with Gasteiger partial charge in [-0.3, -0.25) is 4.98 Å². The van der Waals surface area contributed by atoms with E-state index in [-0.39, 0.29) is 0 Å². The second kappa shape index (κ2) is 6.79. The molecule has 0 amide bonds. The van der Waals surface area contributed by atoms with Gasteiger partial charge in [-0.15, -0.1) is 0 Å². The Morgan fingerprint density at radius 2 is 1.52 bits per heavy atom. The Bertz CT molecular complexity index is 818. The van der Waals surface area contributed by atoms with E-state index in [2.05, 4.69) is 4.98 Å². The molecule has 118 valence electrons. The van der Waals surface area contributed by atoms with Gasteiger partial charge in [0.25, 0.3) is 0 Å². The summed E-state index contributed by atoms with van der Waals surface area (Å²) >= 11 is 1.68. The number of benzene rings is 2. The zero-order chi connectivity index (χ0) is 16.2. The van der Waals surface area contributed by atoms with Crippen molar-refractivity contribution in [3.05, 3.63) is 48.7 Å². The summed E-state index contributed by atoms with van der Waals surface area (Å²) in [5, 5.41) is 1.03. The normalized spacial score (nSPS) is 10.6. The van der Waals surface area contributed by atoms with Gasteiger partial charge in [0.2, 0.25) is 0 Å². The molecule has 1 aromatic heterocycles. The Morgan fingerprint density at radius 3 is 2.17 bits per heavy atom. The zero-order valence-corrected chi connectivity index (χ0v) is 14.0. The van der Waals surface area contributed by atoms with Crippen molar-refractivity contribution in [2.75, 3.05) is 21.3 Å². The summed E-state index contributed by atoms with van der Waals surface area (Å²) in [4.78, 5) is 6.67. The molecule has 0 spiro atoms. The lowest BCUT2D eigenvalue weighted by Gasteiger charge is -2.11. The summed E-state index contributed by atoms with van der Waals surface area (Å²) in [5.74, 6) is 2.23. The van der Waals surface area contributed by atoms with Gasteiger partial charge in [0.15, 0.2) is 11.5 Å². The summed E-state index contributed by atoms with van der Waals surface area (Å²) in [6.07, 6.45) is 1.81. The summed E-state index contributed by atoms with van der Waals surface area (Å²) in [7, 11) is 4.92. The number of ether oxygens (including phenoxy) is 3. The van der Waals surface area contributed by atoms with E-state index in [1.807, 2.05) is 42.5 Å². The number of aromatic nitrogens is 1. The van der Waals surface area contributed by atoms with Crippen LogP contribution in [0.3, 0.4) is 0 Å². The van der Waals surface area contributed by atoms with Gasteiger partial charge in [-0.1, -0.05) is 11.8 Å². The molecule has 0 radical (unpaired) electrons. The van der Waals surface area contributed by atoms with Crippen LogP contribution in [0.2, 0.25) is 0 Å². The third-order valence-corrected chi connectivity index (χ3v) is 4.58. The lowest BCUT2D eigenvalue weighted by atomic mass is 10.2. The van der Waals surface area contributed by atoms with Crippen LogP contribution >= 0.6 is 11.8 Å². The minimum absolute atomic E-state index is 0.680.